The lowest BCUT2D eigenvalue weighted by molar-refractivity contribution is -0.127. The molecule has 0 aromatic carbocycles. The Morgan fingerprint density at radius 2 is 2.06 bits per heavy atom. The number of piperidine rings is 1. The number of likely N-dealkylation sites (N-methyl/N-ethyl adjacent to an activating group) is 1. The van der Waals surface area contributed by atoms with E-state index in [-0.39, 0.29) is 17.5 Å². The fraction of sp³-hybridized carbons (Fsp3) is 0.519. The van der Waals surface area contributed by atoms with Gasteiger partial charge in [-0.25, -0.2) is 0 Å². The molecule has 1 amide bonds. The average Bonchev–Trinajstić information content (AvgIpc) is 3.67. The highest BCUT2D eigenvalue weighted by Crippen LogP contribution is 2.34. The maximum Gasteiger partial charge on any atom is 0.271 e. The van der Waals surface area contributed by atoms with Crippen molar-refractivity contribution in [3.05, 3.63) is 58.8 Å². The van der Waals surface area contributed by atoms with E-state index in [1.165, 1.54) is 12.8 Å². The Morgan fingerprint density at radius 3 is 2.79 bits per heavy atom. The first-order chi connectivity index (χ1) is 16.4. The summed E-state index contributed by atoms with van der Waals surface area (Å²) in [6.45, 7) is 5.12. The number of hydrogen-bond acceptors (Lipinski definition) is 5. The van der Waals surface area contributed by atoms with Gasteiger partial charge in [-0.05, 0) is 75.9 Å². The second-order valence-corrected chi connectivity index (χ2v) is 9.83. The van der Waals surface area contributed by atoms with Crippen LogP contribution in [0.25, 0.3) is 11.1 Å². The number of carbonyl (C=O) groups is 1. The summed E-state index contributed by atoms with van der Waals surface area (Å²) in [5.41, 5.74) is 3.72. The molecule has 0 bridgehead atoms. The Balaban J connectivity index is 1.58. The van der Waals surface area contributed by atoms with Crippen molar-refractivity contribution < 1.29 is 4.79 Å². The van der Waals surface area contributed by atoms with E-state index >= 15 is 0 Å². The standard InChI is InChI=1S/C27H37N5O2/c1-4-23-15-21(11-12-28-23)22-16-25(27(34)29-17-22)32(18-20-9-10-20)24-7-5-14-31(19-24)26(33)8-6-13-30(2)3/h6,8,11-12,15-17,20,24H,4-5,7,9-10,13-14,18-19H2,1-3H3,(H,29,34)/b8-6+. The van der Waals surface area contributed by atoms with E-state index in [1.54, 1.807) is 12.3 Å². The van der Waals surface area contributed by atoms with Gasteiger partial charge >= 0.3 is 0 Å². The van der Waals surface area contributed by atoms with Crippen LogP contribution in [0.3, 0.4) is 0 Å². The number of aromatic nitrogens is 2. The first-order valence-corrected chi connectivity index (χ1v) is 12.5. The van der Waals surface area contributed by atoms with Gasteiger partial charge in [0.1, 0.15) is 5.69 Å². The predicted molar refractivity (Wildman–Crippen MR) is 137 cm³/mol. The zero-order valence-corrected chi connectivity index (χ0v) is 20.7. The molecule has 2 aliphatic rings. The molecular weight excluding hydrogens is 426 g/mol. The quantitative estimate of drug-likeness (QED) is 0.578. The van der Waals surface area contributed by atoms with Gasteiger partial charge in [0.15, 0.2) is 0 Å². The van der Waals surface area contributed by atoms with Crippen LogP contribution >= 0.6 is 0 Å². The lowest BCUT2D eigenvalue weighted by atomic mass is 10.0. The third-order valence-electron chi connectivity index (χ3n) is 6.74. The summed E-state index contributed by atoms with van der Waals surface area (Å²) >= 11 is 0. The number of amides is 1. The Kier molecular flexibility index (Phi) is 7.83. The lowest BCUT2D eigenvalue weighted by Crippen LogP contribution is -2.51. The van der Waals surface area contributed by atoms with E-state index in [0.29, 0.717) is 18.2 Å². The maximum atomic E-state index is 13.0. The van der Waals surface area contributed by atoms with Crippen LogP contribution in [0.5, 0.6) is 0 Å². The number of anilines is 1. The smallest absolute Gasteiger partial charge is 0.271 e. The molecule has 1 N–H and O–H groups in total. The van der Waals surface area contributed by atoms with Crippen LogP contribution in [0.1, 0.15) is 38.3 Å². The molecule has 1 unspecified atom stereocenters. The molecule has 4 rings (SSSR count). The summed E-state index contributed by atoms with van der Waals surface area (Å²) in [6, 6.07) is 6.24. The fourth-order valence-corrected chi connectivity index (χ4v) is 4.60. The Bertz CT molecular complexity index is 1070. The van der Waals surface area contributed by atoms with Crippen molar-refractivity contribution in [3.63, 3.8) is 0 Å². The van der Waals surface area contributed by atoms with E-state index in [9.17, 15) is 9.59 Å². The van der Waals surface area contributed by atoms with Crippen molar-refractivity contribution in [2.45, 2.75) is 45.1 Å². The third kappa shape index (κ3) is 6.14. The number of aromatic amines is 1. The van der Waals surface area contributed by atoms with Gasteiger partial charge in [0.2, 0.25) is 5.91 Å². The van der Waals surface area contributed by atoms with Crippen molar-refractivity contribution in [3.8, 4) is 11.1 Å². The van der Waals surface area contributed by atoms with E-state index in [1.807, 2.05) is 48.3 Å². The number of rotatable bonds is 9. The average molecular weight is 464 g/mol. The van der Waals surface area contributed by atoms with Crippen molar-refractivity contribution in [2.24, 2.45) is 5.92 Å². The van der Waals surface area contributed by atoms with E-state index < -0.39 is 0 Å². The number of aryl methyl sites for hydroxylation is 1. The molecule has 2 fully saturated rings. The summed E-state index contributed by atoms with van der Waals surface area (Å²) in [5, 5.41) is 0. The minimum Gasteiger partial charge on any atom is -0.362 e. The monoisotopic (exact) mass is 463 g/mol. The Labute approximate surface area is 202 Å². The summed E-state index contributed by atoms with van der Waals surface area (Å²) in [4.78, 5) is 39.5. The fourth-order valence-electron chi connectivity index (χ4n) is 4.60. The van der Waals surface area contributed by atoms with Gasteiger partial charge in [0.25, 0.3) is 5.56 Å². The highest BCUT2D eigenvalue weighted by Gasteiger charge is 2.33. The maximum absolute atomic E-state index is 13.0. The molecule has 7 nitrogen and oxygen atoms in total. The molecule has 182 valence electrons. The zero-order valence-electron chi connectivity index (χ0n) is 20.7. The van der Waals surface area contributed by atoms with E-state index in [2.05, 4.69) is 27.9 Å². The van der Waals surface area contributed by atoms with Crippen LogP contribution in [0, 0.1) is 5.92 Å². The van der Waals surface area contributed by atoms with Crippen LogP contribution in [-0.4, -0.2) is 72.0 Å². The van der Waals surface area contributed by atoms with Gasteiger partial charge in [-0.2, -0.15) is 0 Å². The van der Waals surface area contributed by atoms with Gasteiger partial charge in [-0.3, -0.25) is 14.6 Å². The number of nitrogens with one attached hydrogen (secondary N) is 1. The van der Waals surface area contributed by atoms with Gasteiger partial charge in [-0.15, -0.1) is 0 Å². The van der Waals surface area contributed by atoms with Crippen LogP contribution in [-0.2, 0) is 11.2 Å². The number of H-pyrrole nitrogens is 1. The highest BCUT2D eigenvalue weighted by molar-refractivity contribution is 5.87. The van der Waals surface area contributed by atoms with Gasteiger partial charge in [0.05, 0.1) is 0 Å². The molecule has 7 heteroatoms. The highest BCUT2D eigenvalue weighted by atomic mass is 16.2. The topological polar surface area (TPSA) is 72.5 Å². The summed E-state index contributed by atoms with van der Waals surface area (Å²) in [7, 11) is 3.98. The minimum atomic E-state index is -0.0662. The van der Waals surface area contributed by atoms with Gasteiger partial charge < -0.3 is 19.7 Å². The normalized spacial score (nSPS) is 18.6. The van der Waals surface area contributed by atoms with Crippen LogP contribution in [0.4, 0.5) is 5.69 Å². The molecule has 2 aromatic rings. The molecule has 1 aliphatic heterocycles. The minimum absolute atomic E-state index is 0.0597. The molecule has 1 atom stereocenters. The molecule has 0 spiro atoms. The van der Waals surface area contributed by atoms with Crippen molar-refractivity contribution in [1.82, 2.24) is 19.8 Å². The second kappa shape index (κ2) is 11.0. The Hall–Kier alpha value is -2.93. The molecule has 1 aliphatic carbocycles. The second-order valence-electron chi connectivity index (χ2n) is 9.83. The Morgan fingerprint density at radius 1 is 1.24 bits per heavy atom. The van der Waals surface area contributed by atoms with E-state index in [0.717, 1.165) is 55.7 Å². The van der Waals surface area contributed by atoms with Gasteiger partial charge in [0, 0.05) is 61.9 Å². The molecule has 2 aromatic heterocycles. The third-order valence-corrected chi connectivity index (χ3v) is 6.74. The number of likely N-dealkylation sites (tertiary alicyclic amines) is 1. The largest absolute Gasteiger partial charge is 0.362 e. The SMILES string of the molecule is CCc1cc(-c2c[nH]c(=O)c(N(CC3CC3)C3CCCN(C(=O)/C=C/CN(C)C)C3)c2)ccn1. The number of hydrogen-bond donors (Lipinski definition) is 1. The molecule has 1 saturated heterocycles. The predicted octanol–water partition coefficient (Wildman–Crippen LogP) is 3.32. The molecule has 0 radical (unpaired) electrons. The van der Waals surface area contributed by atoms with Crippen LogP contribution < -0.4 is 10.5 Å². The lowest BCUT2D eigenvalue weighted by Gasteiger charge is -2.40. The molecule has 34 heavy (non-hydrogen) atoms. The zero-order chi connectivity index (χ0) is 24.1. The number of pyridine rings is 2. The first kappa shape index (κ1) is 24.2. The van der Waals surface area contributed by atoms with Crippen LogP contribution in [0.2, 0.25) is 0 Å². The molecular formula is C27H37N5O2. The number of nitrogens with zero attached hydrogens (tertiary/aromatic N) is 4. The summed E-state index contributed by atoms with van der Waals surface area (Å²) in [6.07, 6.45) is 12.4. The van der Waals surface area contributed by atoms with Gasteiger partial charge in [-0.1, -0.05) is 13.0 Å². The van der Waals surface area contributed by atoms with E-state index in [4.69, 9.17) is 0 Å². The van der Waals surface area contributed by atoms with Crippen LogP contribution in [0.15, 0.2) is 47.5 Å². The molecule has 3 heterocycles. The summed E-state index contributed by atoms with van der Waals surface area (Å²) in [5.74, 6) is 0.686. The van der Waals surface area contributed by atoms with Crippen molar-refractivity contribution >= 4 is 11.6 Å². The first-order valence-electron chi connectivity index (χ1n) is 12.5. The van der Waals surface area contributed by atoms with Crippen molar-refractivity contribution in [1.29, 1.82) is 0 Å². The van der Waals surface area contributed by atoms with Crippen molar-refractivity contribution in [2.75, 3.05) is 45.2 Å². The molecule has 1 saturated carbocycles. The number of carbonyl (C=O) groups excluding carboxylic acids is 1. The summed E-state index contributed by atoms with van der Waals surface area (Å²) < 4.78 is 0.